The van der Waals surface area contributed by atoms with E-state index in [0.29, 0.717) is 0 Å². The molecule has 0 aliphatic carbocycles. The summed E-state index contributed by atoms with van der Waals surface area (Å²) in [5.74, 6) is 0. The SMILES string of the molecule is CC(C)S(C(F)(F)F)(C(F)(F)F)(C(F)(F)F)(C(F)(F)F)C(F)(F)F. The lowest BCUT2D eigenvalue weighted by atomic mass is 10.6. The summed E-state index contributed by atoms with van der Waals surface area (Å²) in [5, 5.41) is -5.02. The maximum Gasteiger partial charge on any atom is 0.442 e. The van der Waals surface area contributed by atoms with Crippen LogP contribution in [0.15, 0.2) is 0 Å². The van der Waals surface area contributed by atoms with E-state index in [0.717, 1.165) is 0 Å². The molecule has 0 nitrogen and oxygen atoms in total. The summed E-state index contributed by atoms with van der Waals surface area (Å²) in [5.41, 5.74) is -44.1. The molecule has 0 heterocycles. The number of alkyl halides is 15. The molecule has 0 unspecified atom stereocenters. The number of halogens is 15. The van der Waals surface area contributed by atoms with Crippen LogP contribution in [-0.4, -0.2) is 32.8 Å². The van der Waals surface area contributed by atoms with Crippen molar-refractivity contribution < 1.29 is 65.9 Å². The Balaban J connectivity index is 8.80. The first-order valence-corrected chi connectivity index (χ1v) is 7.76. The monoisotopic (exact) mass is 420 g/mol. The molecule has 0 radical (unpaired) electrons. The van der Waals surface area contributed by atoms with Crippen molar-refractivity contribution in [1.82, 2.24) is 0 Å². The molecule has 0 N–H and O–H groups in total. The number of hydrogen-bond donors (Lipinski definition) is 0. The highest BCUT2D eigenvalue weighted by molar-refractivity contribution is 8.67. The Hall–Kier alpha value is -0.700. The number of hydrogen-bond acceptors (Lipinski definition) is 0. The summed E-state index contributed by atoms with van der Waals surface area (Å²) in [6.45, 7) is -2.09. The van der Waals surface area contributed by atoms with Crippen LogP contribution in [-0.2, 0) is 0 Å². The Morgan fingerprint density at radius 1 is 0.417 bits per heavy atom. The van der Waals surface area contributed by atoms with Crippen LogP contribution in [0, 0.1) is 0 Å². The Labute approximate surface area is 122 Å². The number of rotatable bonds is 1. The first-order chi connectivity index (χ1) is 9.91. The lowest BCUT2D eigenvalue weighted by Gasteiger charge is -2.77. The van der Waals surface area contributed by atoms with Gasteiger partial charge in [-0.1, -0.05) is 13.8 Å². The van der Waals surface area contributed by atoms with Crippen molar-refractivity contribution in [2.75, 3.05) is 0 Å². The van der Waals surface area contributed by atoms with Gasteiger partial charge in [0.1, 0.15) is 8.29 Å². The van der Waals surface area contributed by atoms with Crippen molar-refractivity contribution in [2.24, 2.45) is 0 Å². The van der Waals surface area contributed by atoms with Gasteiger partial charge in [0.15, 0.2) is 0 Å². The van der Waals surface area contributed by atoms with Crippen LogP contribution < -0.4 is 0 Å². The van der Waals surface area contributed by atoms with Gasteiger partial charge in [0.05, 0.1) is 0 Å². The molecule has 0 aliphatic heterocycles. The van der Waals surface area contributed by atoms with E-state index in [1.165, 1.54) is 0 Å². The summed E-state index contributed by atoms with van der Waals surface area (Å²) < 4.78 is 196. The molecule has 0 spiro atoms. The largest absolute Gasteiger partial charge is 0.442 e. The summed E-state index contributed by atoms with van der Waals surface area (Å²) >= 11 is 0. The van der Waals surface area contributed by atoms with Gasteiger partial charge in [-0.25, -0.2) is 0 Å². The van der Waals surface area contributed by atoms with E-state index in [1.807, 2.05) is 0 Å². The van der Waals surface area contributed by atoms with E-state index < -0.39 is 54.9 Å². The summed E-state index contributed by atoms with van der Waals surface area (Å²) in [6, 6.07) is 0. The van der Waals surface area contributed by atoms with E-state index in [9.17, 15) is 65.9 Å². The first kappa shape index (κ1) is 23.3. The van der Waals surface area contributed by atoms with Crippen LogP contribution in [0.3, 0.4) is 0 Å². The van der Waals surface area contributed by atoms with Crippen molar-refractivity contribution in [3.63, 3.8) is 0 Å². The quantitative estimate of drug-likeness (QED) is 0.406. The van der Waals surface area contributed by atoms with Gasteiger partial charge >= 0.3 is 27.5 Å². The third-order valence-electron chi connectivity index (χ3n) is 4.16. The molecule has 0 aromatic rings. The van der Waals surface area contributed by atoms with E-state index in [1.54, 1.807) is 0 Å². The van der Waals surface area contributed by atoms with Gasteiger partial charge < -0.3 is 0 Å². The summed E-state index contributed by atoms with van der Waals surface area (Å²) in [7, 11) is -13.0. The first-order valence-electron chi connectivity index (χ1n) is 5.25. The molecule has 0 aliphatic rings. The van der Waals surface area contributed by atoms with Crippen LogP contribution in [0.4, 0.5) is 65.9 Å². The molecule has 0 fully saturated rings. The second kappa shape index (κ2) is 4.52. The van der Waals surface area contributed by atoms with Crippen molar-refractivity contribution in [1.29, 1.82) is 0 Å². The van der Waals surface area contributed by atoms with Crippen molar-refractivity contribution in [3.8, 4) is 0 Å². The van der Waals surface area contributed by atoms with E-state index in [-0.39, 0.29) is 0 Å². The molecular formula is C8H7F15S. The highest BCUT2D eigenvalue weighted by Crippen LogP contribution is 3.20. The summed E-state index contributed by atoms with van der Waals surface area (Å²) in [4.78, 5) is 0. The van der Waals surface area contributed by atoms with E-state index in [2.05, 4.69) is 0 Å². The molecule has 0 aromatic heterocycles. The van der Waals surface area contributed by atoms with Crippen LogP contribution in [0.5, 0.6) is 0 Å². The fourth-order valence-corrected chi connectivity index (χ4v) is 7.95. The molecule has 24 heavy (non-hydrogen) atoms. The third kappa shape index (κ3) is 1.24. The Morgan fingerprint density at radius 2 is 0.542 bits per heavy atom. The molecule has 150 valence electrons. The highest BCUT2D eigenvalue weighted by atomic mass is 32.4. The van der Waals surface area contributed by atoms with Gasteiger partial charge in [0.2, 0.25) is 0 Å². The van der Waals surface area contributed by atoms with E-state index >= 15 is 0 Å². The zero-order valence-electron chi connectivity index (χ0n) is 11.2. The Kier molecular flexibility index (Phi) is 4.39. The standard InChI is InChI=1S/C8H7F15S/c1-3(2)24(4(9,10)11,5(12,13)14,6(15,16)17,7(18,19)20)8(21,22)23/h3H,1-2H3. The Bertz CT molecular complexity index is 400. The molecule has 0 amide bonds. The highest BCUT2D eigenvalue weighted by Gasteiger charge is 3.21. The van der Waals surface area contributed by atoms with Crippen LogP contribution >= 0.6 is 8.29 Å². The summed E-state index contributed by atoms with van der Waals surface area (Å²) in [6.07, 6.45) is 0. The maximum absolute atomic E-state index is 13.1. The molecular weight excluding hydrogens is 413 g/mol. The van der Waals surface area contributed by atoms with Gasteiger partial charge in [-0.2, -0.15) is 65.9 Å². The minimum absolute atomic E-state index is 1.04. The fourth-order valence-electron chi connectivity index (χ4n) is 2.65. The second-order valence-corrected chi connectivity index (χ2v) is 11.4. The lowest BCUT2D eigenvalue weighted by Crippen LogP contribution is -2.82. The maximum atomic E-state index is 13.1. The Morgan fingerprint density at radius 3 is 0.542 bits per heavy atom. The predicted molar refractivity (Wildman–Crippen MR) is 53.0 cm³/mol. The molecule has 0 saturated carbocycles. The second-order valence-electron chi connectivity index (χ2n) is 4.89. The average Bonchev–Trinajstić information content (AvgIpc) is 2.03. The van der Waals surface area contributed by atoms with Gasteiger partial charge in [-0.3, -0.25) is 0 Å². The van der Waals surface area contributed by atoms with E-state index in [4.69, 9.17) is 0 Å². The zero-order valence-corrected chi connectivity index (χ0v) is 12.0. The van der Waals surface area contributed by atoms with Crippen molar-refractivity contribution in [3.05, 3.63) is 0 Å². The van der Waals surface area contributed by atoms with Crippen LogP contribution in [0.25, 0.3) is 0 Å². The topological polar surface area (TPSA) is 0 Å². The fraction of sp³-hybridized carbons (Fsp3) is 1.00. The van der Waals surface area contributed by atoms with Crippen LogP contribution in [0.2, 0.25) is 0 Å². The molecule has 0 bridgehead atoms. The van der Waals surface area contributed by atoms with Gasteiger partial charge in [0.25, 0.3) is 0 Å². The van der Waals surface area contributed by atoms with Gasteiger partial charge in [0, 0.05) is 5.25 Å². The van der Waals surface area contributed by atoms with Gasteiger partial charge in [-0.05, 0) is 0 Å². The zero-order chi connectivity index (χ0) is 20.5. The molecule has 0 saturated heterocycles. The van der Waals surface area contributed by atoms with Gasteiger partial charge in [-0.15, -0.1) is 0 Å². The molecule has 16 heteroatoms. The minimum atomic E-state index is -13.0. The predicted octanol–water partition coefficient (Wildman–Crippen LogP) is 6.87. The van der Waals surface area contributed by atoms with Crippen LogP contribution in [0.1, 0.15) is 13.8 Å². The molecule has 0 aromatic carbocycles. The average molecular weight is 420 g/mol. The minimum Gasteiger partial charge on any atom is -0.162 e. The van der Waals surface area contributed by atoms with Crippen molar-refractivity contribution in [2.45, 2.75) is 46.6 Å². The molecule has 0 rings (SSSR count). The lowest BCUT2D eigenvalue weighted by molar-refractivity contribution is -0.211. The third-order valence-corrected chi connectivity index (χ3v) is 12.5. The molecule has 0 atom stereocenters. The normalized spacial score (nSPS) is 19.2. The van der Waals surface area contributed by atoms with Crippen molar-refractivity contribution >= 4 is 8.29 Å². The smallest absolute Gasteiger partial charge is 0.162 e.